The first-order valence-electron chi connectivity index (χ1n) is 4.80. The maximum atomic E-state index is 11.5. The molecule has 96 valence electrons. The summed E-state index contributed by atoms with van der Waals surface area (Å²) in [6.45, 7) is 0. The van der Waals surface area contributed by atoms with E-state index < -0.39 is 7.01 Å². The van der Waals surface area contributed by atoms with Gasteiger partial charge in [-0.3, -0.25) is 0 Å². The van der Waals surface area contributed by atoms with Crippen molar-refractivity contribution in [2.45, 2.75) is 5.16 Å². The summed E-state index contributed by atoms with van der Waals surface area (Å²) in [5, 5.41) is 0.303. The summed E-state index contributed by atoms with van der Waals surface area (Å²) >= 11 is 1.28. The summed E-state index contributed by atoms with van der Waals surface area (Å²) in [5.41, 5.74) is 0.405. The molecule has 0 fully saturated rings. The summed E-state index contributed by atoms with van der Waals surface area (Å²) < 4.78 is 33.3. The highest BCUT2D eigenvalue weighted by Gasteiger charge is 2.19. The van der Waals surface area contributed by atoms with Gasteiger partial charge in [0.25, 0.3) is 12.2 Å². The number of fused-ring (bicyclic) bond motifs is 1. The summed E-state index contributed by atoms with van der Waals surface area (Å²) in [6, 6.07) is 5.18. The minimum atomic E-state index is -3.54. The molecule has 1 aromatic heterocycles. The fourth-order valence-electron chi connectivity index (χ4n) is 1.51. The number of rotatable bonds is 3. The molecule has 0 aliphatic heterocycles. The standard InChI is InChI=1S/C10H9IN2O4S/c1-16-7-5-3-4-6-8(7)12-10(18(11,14)15)13-9(6)17-2/h3-5H,1-2H3. The average Bonchev–Trinajstić information content (AvgIpc) is 2.35. The molecule has 1 aromatic carbocycles. The van der Waals surface area contributed by atoms with Gasteiger partial charge in [0.2, 0.25) is 5.88 Å². The van der Waals surface area contributed by atoms with Crippen molar-refractivity contribution in [1.82, 2.24) is 9.97 Å². The fourth-order valence-corrected chi connectivity index (χ4v) is 2.49. The van der Waals surface area contributed by atoms with Crippen LogP contribution >= 0.6 is 21.2 Å². The van der Waals surface area contributed by atoms with Gasteiger partial charge in [-0.15, -0.1) is 0 Å². The van der Waals surface area contributed by atoms with E-state index in [1.165, 1.54) is 35.4 Å². The number of halogens is 1. The summed E-state index contributed by atoms with van der Waals surface area (Å²) in [4.78, 5) is 7.90. The number of hydrogen-bond acceptors (Lipinski definition) is 6. The lowest BCUT2D eigenvalue weighted by Gasteiger charge is -2.08. The molecule has 2 rings (SSSR count). The third kappa shape index (κ3) is 2.34. The highest BCUT2D eigenvalue weighted by molar-refractivity contribution is 14.2. The minimum Gasteiger partial charge on any atom is -0.494 e. The molecule has 0 aliphatic carbocycles. The van der Waals surface area contributed by atoms with Crippen LogP contribution in [-0.4, -0.2) is 32.6 Å². The van der Waals surface area contributed by atoms with E-state index in [0.717, 1.165) is 0 Å². The molecular weight excluding hydrogens is 371 g/mol. The number of para-hydroxylation sites is 1. The highest BCUT2D eigenvalue weighted by atomic mass is 127. The van der Waals surface area contributed by atoms with Crippen LogP contribution in [0.1, 0.15) is 0 Å². The lowest BCUT2D eigenvalue weighted by molar-refractivity contribution is 0.396. The normalized spacial score (nSPS) is 11.5. The monoisotopic (exact) mass is 380 g/mol. The highest BCUT2D eigenvalue weighted by Crippen LogP contribution is 2.31. The second-order valence-corrected chi connectivity index (χ2v) is 8.03. The van der Waals surface area contributed by atoms with Gasteiger partial charge in [0.05, 0.1) is 40.8 Å². The largest absolute Gasteiger partial charge is 0.494 e. The van der Waals surface area contributed by atoms with Gasteiger partial charge in [-0.25, -0.2) is 13.4 Å². The van der Waals surface area contributed by atoms with Crippen LogP contribution in [0.25, 0.3) is 10.9 Å². The molecule has 0 radical (unpaired) electrons. The van der Waals surface area contributed by atoms with Crippen LogP contribution in [0, 0.1) is 0 Å². The topological polar surface area (TPSA) is 78.4 Å². The molecule has 0 N–H and O–H groups in total. The van der Waals surface area contributed by atoms with Gasteiger partial charge >= 0.3 is 0 Å². The molecule has 0 aliphatic rings. The Balaban J connectivity index is 2.89. The molecule has 6 nitrogen and oxygen atoms in total. The first kappa shape index (κ1) is 13.3. The van der Waals surface area contributed by atoms with E-state index in [1.54, 1.807) is 18.2 Å². The Morgan fingerprint density at radius 1 is 1.17 bits per heavy atom. The van der Waals surface area contributed by atoms with Crippen molar-refractivity contribution in [3.8, 4) is 11.6 Å². The lowest BCUT2D eigenvalue weighted by Crippen LogP contribution is -2.02. The molecule has 0 saturated heterocycles. The number of nitrogens with zero attached hydrogens (tertiary/aromatic N) is 2. The van der Waals surface area contributed by atoms with E-state index in [-0.39, 0.29) is 11.0 Å². The first-order valence-corrected chi connectivity index (χ1v) is 8.83. The van der Waals surface area contributed by atoms with Gasteiger partial charge in [0.1, 0.15) is 11.3 Å². The fraction of sp³-hybridized carbons (Fsp3) is 0.200. The zero-order valence-corrected chi connectivity index (χ0v) is 12.5. The second-order valence-electron chi connectivity index (χ2n) is 3.31. The van der Waals surface area contributed by atoms with Crippen LogP contribution in [0.5, 0.6) is 11.6 Å². The third-order valence-electron chi connectivity index (χ3n) is 2.27. The Hall–Kier alpha value is -1.16. The molecule has 0 unspecified atom stereocenters. The van der Waals surface area contributed by atoms with Crippen molar-refractivity contribution in [1.29, 1.82) is 0 Å². The minimum absolute atomic E-state index is 0.203. The summed E-state index contributed by atoms with van der Waals surface area (Å²) in [7, 11) is -0.630. The Morgan fingerprint density at radius 3 is 2.44 bits per heavy atom. The molecule has 0 atom stereocenters. The van der Waals surface area contributed by atoms with Gasteiger partial charge in [-0.05, 0) is 12.1 Å². The molecular formula is C10H9IN2O4S. The van der Waals surface area contributed by atoms with E-state index >= 15 is 0 Å². The predicted octanol–water partition coefficient (Wildman–Crippen LogP) is 1.77. The quantitative estimate of drug-likeness (QED) is 0.459. The number of aromatic nitrogens is 2. The number of methoxy groups -OCH3 is 2. The SMILES string of the molecule is COc1nc(S(=O)(=O)I)nc2c(OC)cccc12. The van der Waals surface area contributed by atoms with Crippen LogP contribution in [0.4, 0.5) is 0 Å². The molecule has 0 amide bonds. The summed E-state index contributed by atoms with van der Waals surface area (Å²) in [5.74, 6) is 0.670. The van der Waals surface area contributed by atoms with Crippen LogP contribution in [0.2, 0.25) is 0 Å². The van der Waals surface area contributed by atoms with E-state index in [1.807, 2.05) is 0 Å². The van der Waals surface area contributed by atoms with Crippen molar-refractivity contribution in [2.24, 2.45) is 0 Å². The number of benzene rings is 1. The Labute approximate surface area is 116 Å². The van der Waals surface area contributed by atoms with Gasteiger partial charge < -0.3 is 9.47 Å². The van der Waals surface area contributed by atoms with E-state index in [4.69, 9.17) is 9.47 Å². The van der Waals surface area contributed by atoms with Crippen LogP contribution < -0.4 is 9.47 Å². The molecule has 8 heteroatoms. The van der Waals surface area contributed by atoms with Crippen LogP contribution in [0.3, 0.4) is 0 Å². The average molecular weight is 380 g/mol. The van der Waals surface area contributed by atoms with Gasteiger partial charge in [-0.2, -0.15) is 4.98 Å². The van der Waals surface area contributed by atoms with E-state index in [0.29, 0.717) is 16.7 Å². The Bertz CT molecular complexity index is 702. The molecule has 0 spiro atoms. The van der Waals surface area contributed by atoms with E-state index in [9.17, 15) is 8.42 Å². The number of hydrogen-bond donors (Lipinski definition) is 0. The molecule has 18 heavy (non-hydrogen) atoms. The van der Waals surface area contributed by atoms with Gasteiger partial charge in [0, 0.05) is 0 Å². The van der Waals surface area contributed by atoms with Crippen molar-refractivity contribution in [3.63, 3.8) is 0 Å². The maximum absolute atomic E-state index is 11.5. The van der Waals surface area contributed by atoms with Gasteiger partial charge in [0.15, 0.2) is 0 Å². The van der Waals surface area contributed by atoms with Crippen LogP contribution in [-0.2, 0) is 7.01 Å². The number of ether oxygens (including phenoxy) is 2. The molecule has 1 heterocycles. The van der Waals surface area contributed by atoms with Crippen molar-refractivity contribution in [2.75, 3.05) is 14.2 Å². The predicted molar refractivity (Wildman–Crippen MR) is 73.8 cm³/mol. The Kier molecular flexibility index (Phi) is 3.57. The van der Waals surface area contributed by atoms with Crippen LogP contribution in [0.15, 0.2) is 23.4 Å². The summed E-state index contributed by atoms with van der Waals surface area (Å²) in [6.07, 6.45) is 0. The molecule has 0 bridgehead atoms. The zero-order valence-electron chi connectivity index (χ0n) is 9.55. The van der Waals surface area contributed by atoms with E-state index in [2.05, 4.69) is 9.97 Å². The molecule has 2 aromatic rings. The molecule has 0 saturated carbocycles. The van der Waals surface area contributed by atoms with Crippen molar-refractivity contribution >= 4 is 39.1 Å². The smallest absolute Gasteiger partial charge is 0.266 e. The third-order valence-corrected chi connectivity index (χ3v) is 4.07. The van der Waals surface area contributed by atoms with Gasteiger partial charge in [-0.1, -0.05) is 6.07 Å². The maximum Gasteiger partial charge on any atom is 0.266 e. The zero-order chi connectivity index (χ0) is 13.3. The Morgan fingerprint density at radius 2 is 1.89 bits per heavy atom. The lowest BCUT2D eigenvalue weighted by atomic mass is 10.2. The first-order chi connectivity index (χ1) is 8.47. The van der Waals surface area contributed by atoms with Crippen molar-refractivity contribution in [3.05, 3.63) is 18.2 Å². The second kappa shape index (κ2) is 4.84. The van der Waals surface area contributed by atoms with Crippen molar-refractivity contribution < 1.29 is 17.9 Å².